The zero-order valence-electron chi connectivity index (χ0n) is 34.5. The fourth-order valence-electron chi connectivity index (χ4n) is 7.62. The van der Waals surface area contributed by atoms with Crippen LogP contribution in [-0.2, 0) is 17.1 Å². The number of aliphatic imine (C=N–C) groups is 2. The SMILES string of the molecule is Cc1nn(-c2ccccc2)c([O-])c1C(=Nc1cccc2ccccc12)c1ccccc1.Cc1nn(-c2ccccc2)c([O-])c1C(=Nc1cccc2ccccc12)c1ccccc1.[Fe+2]. The van der Waals surface area contributed by atoms with Gasteiger partial charge in [0.05, 0.1) is 45.6 Å². The Morgan fingerprint density at radius 2 is 0.714 bits per heavy atom. The van der Waals surface area contributed by atoms with Gasteiger partial charge in [0.25, 0.3) is 0 Å². The molecule has 2 heterocycles. The summed E-state index contributed by atoms with van der Waals surface area (Å²) < 4.78 is 2.90. The van der Waals surface area contributed by atoms with Crippen LogP contribution in [0.15, 0.2) is 216 Å². The normalized spacial score (nSPS) is 11.5. The third-order valence-electron chi connectivity index (χ3n) is 10.6. The van der Waals surface area contributed by atoms with Crippen molar-refractivity contribution in [1.29, 1.82) is 0 Å². The molecular weight excluding hydrogens is 820 g/mol. The summed E-state index contributed by atoms with van der Waals surface area (Å²) >= 11 is 0. The molecule has 0 saturated carbocycles. The second-order valence-electron chi connectivity index (χ2n) is 14.7. The molecule has 306 valence electrons. The van der Waals surface area contributed by atoms with E-state index in [0.717, 1.165) is 55.4 Å². The van der Waals surface area contributed by atoms with Gasteiger partial charge in [-0.15, -0.1) is 0 Å². The smallest absolute Gasteiger partial charge is 0.858 e. The second kappa shape index (κ2) is 18.8. The topological polar surface area (TPSA) is 106 Å². The summed E-state index contributed by atoms with van der Waals surface area (Å²) in [5.74, 6) is -0.349. The predicted molar refractivity (Wildman–Crippen MR) is 247 cm³/mol. The molecule has 0 saturated heterocycles. The first-order valence-corrected chi connectivity index (χ1v) is 20.3. The first-order valence-electron chi connectivity index (χ1n) is 20.3. The second-order valence-corrected chi connectivity index (χ2v) is 14.7. The molecule has 0 bridgehead atoms. The van der Waals surface area contributed by atoms with Crippen LogP contribution in [0.1, 0.15) is 33.6 Å². The Morgan fingerprint density at radius 1 is 0.397 bits per heavy atom. The summed E-state index contributed by atoms with van der Waals surface area (Å²) in [5.41, 5.74) is 8.46. The number of rotatable bonds is 8. The van der Waals surface area contributed by atoms with Crippen LogP contribution in [0.5, 0.6) is 11.8 Å². The quantitative estimate of drug-likeness (QED) is 0.112. The van der Waals surface area contributed by atoms with Gasteiger partial charge in [0.15, 0.2) is 0 Å². The van der Waals surface area contributed by atoms with E-state index in [9.17, 15) is 10.2 Å². The minimum Gasteiger partial charge on any atom is -0.858 e. The molecule has 0 radical (unpaired) electrons. The third-order valence-corrected chi connectivity index (χ3v) is 10.6. The molecule has 8 nitrogen and oxygen atoms in total. The van der Waals surface area contributed by atoms with Crippen molar-refractivity contribution in [2.24, 2.45) is 9.98 Å². The van der Waals surface area contributed by atoms with E-state index < -0.39 is 0 Å². The Balaban J connectivity index is 0.000000170. The average molecular weight is 861 g/mol. The molecule has 2 aromatic heterocycles. The van der Waals surface area contributed by atoms with Crippen LogP contribution in [0.4, 0.5) is 11.4 Å². The Kier molecular flexibility index (Phi) is 12.5. The molecule has 8 aromatic carbocycles. The maximum atomic E-state index is 13.5. The van der Waals surface area contributed by atoms with Crippen LogP contribution >= 0.6 is 0 Å². The third kappa shape index (κ3) is 8.70. The van der Waals surface area contributed by atoms with Crippen molar-refractivity contribution in [2.75, 3.05) is 0 Å². The van der Waals surface area contributed by atoms with Gasteiger partial charge in [-0.3, -0.25) is 0 Å². The maximum absolute atomic E-state index is 13.5. The summed E-state index contributed by atoms with van der Waals surface area (Å²) in [6, 6.07) is 66.9. The van der Waals surface area contributed by atoms with E-state index >= 15 is 0 Å². The van der Waals surface area contributed by atoms with Crippen molar-refractivity contribution in [2.45, 2.75) is 13.8 Å². The Hall–Kier alpha value is -7.84. The minimum absolute atomic E-state index is 0. The van der Waals surface area contributed by atoms with E-state index in [2.05, 4.69) is 46.6 Å². The molecule has 10 aromatic rings. The van der Waals surface area contributed by atoms with Crippen LogP contribution in [-0.4, -0.2) is 31.0 Å². The zero-order chi connectivity index (χ0) is 42.4. The van der Waals surface area contributed by atoms with Crippen molar-refractivity contribution >= 4 is 44.3 Å². The van der Waals surface area contributed by atoms with Gasteiger partial charge >= 0.3 is 17.1 Å². The molecule has 0 N–H and O–H groups in total. The van der Waals surface area contributed by atoms with Gasteiger partial charge in [0.1, 0.15) is 0 Å². The molecule has 0 atom stereocenters. The summed E-state index contributed by atoms with van der Waals surface area (Å²) in [4.78, 5) is 10.0. The van der Waals surface area contributed by atoms with Crippen molar-refractivity contribution in [1.82, 2.24) is 19.6 Å². The van der Waals surface area contributed by atoms with Crippen molar-refractivity contribution < 1.29 is 27.3 Å². The summed E-state index contributed by atoms with van der Waals surface area (Å²) in [6.07, 6.45) is 0. The maximum Gasteiger partial charge on any atom is 2.00 e. The van der Waals surface area contributed by atoms with Gasteiger partial charge in [-0.05, 0) is 61.0 Å². The van der Waals surface area contributed by atoms with Gasteiger partial charge in [0.2, 0.25) is 0 Å². The van der Waals surface area contributed by atoms with Gasteiger partial charge in [-0.25, -0.2) is 19.3 Å². The van der Waals surface area contributed by atoms with E-state index in [1.54, 1.807) is 0 Å². The first kappa shape index (κ1) is 41.9. The number of nitrogens with zero attached hydrogens (tertiary/aromatic N) is 6. The molecule has 0 amide bonds. The van der Waals surface area contributed by atoms with Gasteiger partial charge < -0.3 is 10.2 Å². The van der Waals surface area contributed by atoms with Crippen LogP contribution in [0.25, 0.3) is 32.9 Å². The largest absolute Gasteiger partial charge is 2.00 e. The van der Waals surface area contributed by atoms with Crippen molar-refractivity contribution in [3.63, 3.8) is 0 Å². The van der Waals surface area contributed by atoms with Crippen molar-refractivity contribution in [3.8, 4) is 23.1 Å². The van der Waals surface area contributed by atoms with E-state index in [4.69, 9.17) is 9.98 Å². The Morgan fingerprint density at radius 3 is 1.10 bits per heavy atom. The molecule has 0 aliphatic heterocycles. The monoisotopic (exact) mass is 860 g/mol. The fourth-order valence-corrected chi connectivity index (χ4v) is 7.62. The predicted octanol–water partition coefficient (Wildman–Crippen LogP) is 11.2. The van der Waals surface area contributed by atoms with E-state index in [1.165, 1.54) is 9.36 Å². The summed E-state index contributed by atoms with van der Waals surface area (Å²) in [5, 5.41) is 40.4. The van der Waals surface area contributed by atoms with Crippen LogP contribution in [0, 0.1) is 13.8 Å². The molecule has 0 aliphatic rings. The molecular formula is C54H40FeN6O2. The number of hydrogen-bond acceptors (Lipinski definition) is 6. The van der Waals surface area contributed by atoms with E-state index in [0.29, 0.717) is 33.9 Å². The summed E-state index contributed by atoms with van der Waals surface area (Å²) in [7, 11) is 0. The number of hydrogen-bond donors (Lipinski definition) is 0. The van der Waals surface area contributed by atoms with Crippen LogP contribution in [0.3, 0.4) is 0 Å². The minimum atomic E-state index is -0.175. The molecule has 63 heavy (non-hydrogen) atoms. The van der Waals surface area contributed by atoms with Gasteiger partial charge in [0, 0.05) is 44.8 Å². The number of aromatic nitrogens is 4. The Labute approximate surface area is 376 Å². The molecule has 10 rings (SSSR count). The van der Waals surface area contributed by atoms with Crippen LogP contribution < -0.4 is 10.2 Å². The Bertz CT molecular complexity index is 2990. The fraction of sp³-hybridized carbons (Fsp3) is 0.0370. The number of para-hydroxylation sites is 2. The molecule has 0 unspecified atom stereocenters. The van der Waals surface area contributed by atoms with Gasteiger partial charge in [-0.2, -0.15) is 10.2 Å². The molecule has 0 spiro atoms. The summed E-state index contributed by atoms with van der Waals surface area (Å²) in [6.45, 7) is 3.72. The molecule has 9 heteroatoms. The average Bonchev–Trinajstić information content (AvgIpc) is 3.80. The van der Waals surface area contributed by atoms with Gasteiger partial charge in [-0.1, -0.05) is 170 Å². The molecule has 0 aliphatic carbocycles. The molecule has 0 fully saturated rings. The van der Waals surface area contributed by atoms with E-state index in [1.807, 2.05) is 184 Å². The van der Waals surface area contributed by atoms with E-state index in [-0.39, 0.29) is 28.8 Å². The zero-order valence-corrected chi connectivity index (χ0v) is 35.6. The number of benzene rings is 8. The first-order chi connectivity index (χ1) is 30.4. The number of aryl methyl sites for hydroxylation is 2. The number of fused-ring (bicyclic) bond motifs is 2. The standard InChI is InChI=1S/2C27H21N3O.Fe/c2*1-19-25(27(31)30(29-19)22-15-6-3-7-16-22)26(21-12-4-2-5-13-21)28-24-18-10-14-20-11-8-9-17-23(20)24;/h2*2-18,31H,1H3;/q;;+2/p-2. The van der Waals surface area contributed by atoms with Crippen molar-refractivity contribution in [3.05, 3.63) is 240 Å². The van der Waals surface area contributed by atoms with Crippen LogP contribution in [0.2, 0.25) is 0 Å².